The summed E-state index contributed by atoms with van der Waals surface area (Å²) in [6.07, 6.45) is 3.38. The van der Waals surface area contributed by atoms with Crippen molar-refractivity contribution in [2.24, 2.45) is 0 Å². The number of carbonyl (C=O) groups excluding carboxylic acids is 2. The molecule has 32 heavy (non-hydrogen) atoms. The zero-order valence-electron chi connectivity index (χ0n) is 17.7. The Hall–Kier alpha value is -3.29. The molecule has 0 aliphatic carbocycles. The quantitative estimate of drug-likeness (QED) is 0.409. The minimum atomic E-state index is -0.396. The van der Waals surface area contributed by atoms with Gasteiger partial charge in [0.1, 0.15) is 0 Å². The predicted molar refractivity (Wildman–Crippen MR) is 129 cm³/mol. The van der Waals surface area contributed by atoms with Crippen LogP contribution in [-0.2, 0) is 11.3 Å². The molecule has 1 heterocycles. The molecular weight excluding hydrogens is 446 g/mol. The largest absolute Gasteiger partial charge is 0.462 e. The number of ether oxygens (including phenoxy) is 1. The van der Waals surface area contributed by atoms with E-state index in [-0.39, 0.29) is 11.0 Å². The number of amides is 1. The van der Waals surface area contributed by atoms with E-state index in [1.165, 1.54) is 0 Å². The van der Waals surface area contributed by atoms with E-state index in [2.05, 4.69) is 10.3 Å². The lowest BCUT2D eigenvalue weighted by molar-refractivity contribution is 0.0526. The third kappa shape index (κ3) is 5.90. The second kappa shape index (κ2) is 10.8. The van der Waals surface area contributed by atoms with Crippen LogP contribution in [0.25, 0.3) is 0 Å². The highest BCUT2D eigenvalue weighted by atomic mass is 35.5. The van der Waals surface area contributed by atoms with Gasteiger partial charge in [0.15, 0.2) is 5.11 Å². The summed E-state index contributed by atoms with van der Waals surface area (Å²) in [6, 6.07) is 15.7. The van der Waals surface area contributed by atoms with Crippen LogP contribution in [0.2, 0.25) is 5.02 Å². The maximum atomic E-state index is 12.8. The Morgan fingerprint density at radius 2 is 1.72 bits per heavy atom. The van der Waals surface area contributed by atoms with Gasteiger partial charge in [-0.1, -0.05) is 17.7 Å². The summed E-state index contributed by atoms with van der Waals surface area (Å²) in [5, 5.41) is 3.49. The molecule has 0 bridgehead atoms. The molecule has 1 N–H and O–H groups in total. The van der Waals surface area contributed by atoms with Gasteiger partial charge in [-0.2, -0.15) is 0 Å². The van der Waals surface area contributed by atoms with Crippen molar-refractivity contribution in [3.8, 4) is 0 Å². The molecule has 0 atom stereocenters. The number of esters is 1. The van der Waals surface area contributed by atoms with Crippen LogP contribution in [0.5, 0.6) is 0 Å². The van der Waals surface area contributed by atoms with Crippen LogP contribution < -0.4 is 10.2 Å². The molecule has 1 aromatic heterocycles. The standard InChI is InChI=1S/C24H22ClN3O3S/c1-3-31-23(30)18-6-8-20(9-7-18)28(15-17-10-12-26-13-11-17)24(32)27-22(29)19-5-4-16(2)21(25)14-19/h4-14H,3,15H2,1-2H3,(H,27,29,32). The van der Waals surface area contributed by atoms with E-state index in [0.717, 1.165) is 11.1 Å². The third-order valence-corrected chi connectivity index (χ3v) is 5.41. The lowest BCUT2D eigenvalue weighted by Gasteiger charge is -2.26. The molecule has 3 aromatic rings. The molecular formula is C24H22ClN3O3S. The van der Waals surface area contributed by atoms with Gasteiger partial charge in [-0.05, 0) is 85.7 Å². The van der Waals surface area contributed by atoms with E-state index in [4.69, 9.17) is 28.6 Å². The summed E-state index contributed by atoms with van der Waals surface area (Å²) < 4.78 is 5.04. The molecule has 0 unspecified atom stereocenters. The van der Waals surface area contributed by atoms with E-state index >= 15 is 0 Å². The minimum absolute atomic E-state index is 0.215. The number of rotatable bonds is 6. The number of pyridine rings is 1. The zero-order chi connectivity index (χ0) is 23.1. The van der Waals surface area contributed by atoms with Gasteiger partial charge in [-0.25, -0.2) is 4.79 Å². The number of hydrogen-bond acceptors (Lipinski definition) is 5. The molecule has 3 rings (SSSR count). The summed E-state index contributed by atoms with van der Waals surface area (Å²) in [5.41, 5.74) is 3.38. The highest BCUT2D eigenvalue weighted by molar-refractivity contribution is 7.80. The predicted octanol–water partition coefficient (Wildman–Crippen LogP) is 4.94. The van der Waals surface area contributed by atoms with Crippen LogP contribution in [0, 0.1) is 6.92 Å². The van der Waals surface area contributed by atoms with Gasteiger partial charge in [-0.15, -0.1) is 0 Å². The summed E-state index contributed by atoms with van der Waals surface area (Å²) in [4.78, 5) is 30.5. The molecule has 0 aliphatic rings. The highest BCUT2D eigenvalue weighted by Crippen LogP contribution is 2.20. The van der Waals surface area contributed by atoms with Gasteiger partial charge < -0.3 is 9.64 Å². The molecule has 0 saturated heterocycles. The van der Waals surface area contributed by atoms with Crippen LogP contribution >= 0.6 is 23.8 Å². The van der Waals surface area contributed by atoms with Gasteiger partial charge >= 0.3 is 5.97 Å². The number of carbonyl (C=O) groups is 2. The summed E-state index contributed by atoms with van der Waals surface area (Å²) in [7, 11) is 0. The summed E-state index contributed by atoms with van der Waals surface area (Å²) in [6.45, 7) is 4.32. The first kappa shape index (κ1) is 23.4. The van der Waals surface area contributed by atoms with E-state index < -0.39 is 5.97 Å². The number of anilines is 1. The monoisotopic (exact) mass is 467 g/mol. The first-order chi connectivity index (χ1) is 15.4. The molecule has 2 aromatic carbocycles. The zero-order valence-corrected chi connectivity index (χ0v) is 19.2. The second-order valence-electron chi connectivity index (χ2n) is 6.93. The topological polar surface area (TPSA) is 71.5 Å². The lowest BCUT2D eigenvalue weighted by Crippen LogP contribution is -2.42. The average Bonchev–Trinajstić information content (AvgIpc) is 2.80. The molecule has 8 heteroatoms. The van der Waals surface area contributed by atoms with Crippen LogP contribution in [-0.4, -0.2) is 28.6 Å². The number of hydrogen-bond donors (Lipinski definition) is 1. The van der Waals surface area contributed by atoms with Gasteiger partial charge in [-0.3, -0.25) is 15.1 Å². The highest BCUT2D eigenvalue weighted by Gasteiger charge is 2.18. The number of thiocarbonyl (C=S) groups is 1. The smallest absolute Gasteiger partial charge is 0.338 e. The number of aromatic nitrogens is 1. The Bertz CT molecular complexity index is 1120. The first-order valence-corrected chi connectivity index (χ1v) is 10.7. The third-order valence-electron chi connectivity index (χ3n) is 4.68. The molecule has 0 fully saturated rings. The average molecular weight is 468 g/mol. The second-order valence-corrected chi connectivity index (χ2v) is 7.73. The number of nitrogens with zero attached hydrogens (tertiary/aromatic N) is 2. The molecule has 0 spiro atoms. The van der Waals surface area contributed by atoms with Crippen LogP contribution in [0.15, 0.2) is 67.0 Å². The van der Waals surface area contributed by atoms with E-state index in [1.54, 1.807) is 66.7 Å². The SMILES string of the molecule is CCOC(=O)c1ccc(N(Cc2ccncc2)C(=S)NC(=O)c2ccc(C)c(Cl)c2)cc1. The van der Waals surface area contributed by atoms with E-state index in [1.807, 2.05) is 19.1 Å². The maximum absolute atomic E-state index is 12.8. The van der Waals surface area contributed by atoms with E-state index in [0.29, 0.717) is 35.0 Å². The fourth-order valence-corrected chi connectivity index (χ4v) is 3.36. The Morgan fingerprint density at radius 3 is 2.34 bits per heavy atom. The van der Waals surface area contributed by atoms with Crippen molar-refractivity contribution in [3.05, 3.63) is 94.3 Å². The molecule has 164 valence electrons. The Kier molecular flexibility index (Phi) is 7.92. The Morgan fingerprint density at radius 1 is 1.06 bits per heavy atom. The molecule has 0 radical (unpaired) electrons. The van der Waals surface area contributed by atoms with Crippen LogP contribution in [0.4, 0.5) is 5.69 Å². The normalized spacial score (nSPS) is 10.3. The fraction of sp³-hybridized carbons (Fsp3) is 0.167. The van der Waals surface area contributed by atoms with Crippen LogP contribution in [0.1, 0.15) is 38.8 Å². The van der Waals surface area contributed by atoms with Gasteiger partial charge in [0.25, 0.3) is 5.91 Å². The molecule has 6 nitrogen and oxygen atoms in total. The summed E-state index contributed by atoms with van der Waals surface area (Å²) in [5.74, 6) is -0.758. The molecule has 0 aliphatic heterocycles. The fourth-order valence-electron chi connectivity index (χ4n) is 2.91. The Labute approximate surface area is 197 Å². The minimum Gasteiger partial charge on any atom is -0.462 e. The first-order valence-electron chi connectivity index (χ1n) is 9.94. The van der Waals surface area contributed by atoms with Crippen molar-refractivity contribution in [1.82, 2.24) is 10.3 Å². The van der Waals surface area contributed by atoms with Crippen molar-refractivity contribution in [1.29, 1.82) is 0 Å². The van der Waals surface area contributed by atoms with Crippen LogP contribution in [0.3, 0.4) is 0 Å². The number of aryl methyl sites for hydroxylation is 1. The Balaban J connectivity index is 1.85. The van der Waals surface area contributed by atoms with Crippen molar-refractivity contribution < 1.29 is 14.3 Å². The molecule has 0 saturated carbocycles. The van der Waals surface area contributed by atoms with Crippen molar-refractivity contribution in [3.63, 3.8) is 0 Å². The van der Waals surface area contributed by atoms with Crippen molar-refractivity contribution >= 4 is 46.5 Å². The molecule has 1 amide bonds. The van der Waals surface area contributed by atoms with Crippen molar-refractivity contribution in [2.75, 3.05) is 11.5 Å². The number of nitrogens with one attached hydrogen (secondary N) is 1. The van der Waals surface area contributed by atoms with Gasteiger partial charge in [0.05, 0.1) is 18.7 Å². The van der Waals surface area contributed by atoms with Gasteiger partial charge in [0, 0.05) is 28.7 Å². The number of halogens is 1. The van der Waals surface area contributed by atoms with Gasteiger partial charge in [0.2, 0.25) is 0 Å². The van der Waals surface area contributed by atoms with E-state index in [9.17, 15) is 9.59 Å². The number of benzene rings is 2. The summed E-state index contributed by atoms with van der Waals surface area (Å²) >= 11 is 11.7. The maximum Gasteiger partial charge on any atom is 0.338 e. The van der Waals surface area contributed by atoms with Crippen molar-refractivity contribution in [2.45, 2.75) is 20.4 Å². The lowest BCUT2D eigenvalue weighted by atomic mass is 10.1.